The molecule has 0 saturated carbocycles. The number of alkyl halides is 2. The Labute approximate surface area is 110 Å². The van der Waals surface area contributed by atoms with Crippen molar-refractivity contribution in [1.29, 1.82) is 0 Å². The topological polar surface area (TPSA) is 35.5 Å². The molecule has 0 aliphatic heterocycles. The minimum atomic E-state index is -2.90. The third-order valence-electron chi connectivity index (χ3n) is 2.40. The van der Waals surface area contributed by atoms with Gasteiger partial charge in [-0.2, -0.15) is 8.78 Å². The Morgan fingerprint density at radius 1 is 1.32 bits per heavy atom. The molecular weight excluding hydrogens is 254 g/mol. The molecular formula is C14H16F2O3. The number of ether oxygens (including phenoxy) is 2. The summed E-state index contributed by atoms with van der Waals surface area (Å²) in [4.78, 5) is 10.7. The van der Waals surface area contributed by atoms with Gasteiger partial charge in [0.2, 0.25) is 0 Å². The highest BCUT2D eigenvalue weighted by atomic mass is 19.3. The van der Waals surface area contributed by atoms with E-state index in [1.807, 2.05) is 6.92 Å². The van der Waals surface area contributed by atoms with Gasteiger partial charge < -0.3 is 9.47 Å². The lowest BCUT2D eigenvalue weighted by Gasteiger charge is -2.11. The quantitative estimate of drug-likeness (QED) is 0.560. The maximum absolute atomic E-state index is 12.2. The van der Waals surface area contributed by atoms with Crippen LogP contribution >= 0.6 is 0 Å². The van der Waals surface area contributed by atoms with Gasteiger partial charge in [0.15, 0.2) is 11.5 Å². The van der Waals surface area contributed by atoms with Gasteiger partial charge in [-0.1, -0.05) is 13.0 Å². The van der Waals surface area contributed by atoms with Crippen molar-refractivity contribution >= 4 is 12.4 Å². The Bertz CT molecular complexity index is 456. The normalized spacial score (nSPS) is 11.5. The SMILES string of the molecule is CCOc1cc(C=C(C=O)CC)ccc1OC(F)F. The van der Waals surface area contributed by atoms with Crippen LogP contribution in [0.2, 0.25) is 0 Å². The minimum Gasteiger partial charge on any atom is -0.490 e. The van der Waals surface area contributed by atoms with Gasteiger partial charge in [0.25, 0.3) is 0 Å². The number of benzene rings is 1. The van der Waals surface area contributed by atoms with Crippen molar-refractivity contribution in [2.24, 2.45) is 0 Å². The van der Waals surface area contributed by atoms with Crippen LogP contribution in [-0.2, 0) is 4.79 Å². The van der Waals surface area contributed by atoms with E-state index in [4.69, 9.17) is 4.74 Å². The molecule has 0 aromatic heterocycles. The zero-order valence-electron chi connectivity index (χ0n) is 10.9. The molecule has 0 fully saturated rings. The van der Waals surface area contributed by atoms with Gasteiger partial charge >= 0.3 is 6.61 Å². The van der Waals surface area contributed by atoms with Crippen molar-refractivity contribution in [2.75, 3.05) is 6.61 Å². The second-order valence-corrected chi connectivity index (χ2v) is 3.71. The van der Waals surface area contributed by atoms with E-state index >= 15 is 0 Å². The second kappa shape index (κ2) is 7.51. The zero-order chi connectivity index (χ0) is 14.3. The number of halogens is 2. The third-order valence-corrected chi connectivity index (χ3v) is 2.40. The standard InChI is InChI=1S/C14H16F2O3/c1-3-10(9-17)7-11-5-6-12(19-14(15)16)13(8-11)18-4-2/h5-9,14H,3-4H2,1-2H3. The highest BCUT2D eigenvalue weighted by molar-refractivity contribution is 5.81. The molecule has 3 nitrogen and oxygen atoms in total. The van der Waals surface area contributed by atoms with Gasteiger partial charge in [-0.25, -0.2) is 0 Å². The highest BCUT2D eigenvalue weighted by Crippen LogP contribution is 2.30. The van der Waals surface area contributed by atoms with Crippen LogP contribution in [0.4, 0.5) is 8.78 Å². The molecule has 0 unspecified atom stereocenters. The van der Waals surface area contributed by atoms with Crippen LogP contribution in [0.5, 0.6) is 11.5 Å². The van der Waals surface area contributed by atoms with E-state index in [9.17, 15) is 13.6 Å². The zero-order valence-corrected chi connectivity index (χ0v) is 10.9. The third kappa shape index (κ3) is 4.69. The summed E-state index contributed by atoms with van der Waals surface area (Å²) in [5, 5.41) is 0. The summed E-state index contributed by atoms with van der Waals surface area (Å²) in [6, 6.07) is 4.57. The highest BCUT2D eigenvalue weighted by Gasteiger charge is 2.11. The van der Waals surface area contributed by atoms with Crippen LogP contribution in [-0.4, -0.2) is 19.5 Å². The molecule has 0 saturated heterocycles. The maximum Gasteiger partial charge on any atom is 0.387 e. The van der Waals surface area contributed by atoms with Crippen molar-refractivity contribution in [3.05, 3.63) is 29.3 Å². The summed E-state index contributed by atoms with van der Waals surface area (Å²) >= 11 is 0. The Morgan fingerprint density at radius 3 is 2.58 bits per heavy atom. The summed E-state index contributed by atoms with van der Waals surface area (Å²) in [7, 11) is 0. The molecule has 0 heterocycles. The Kier molecular flexibility index (Phi) is 5.99. The fourth-order valence-corrected chi connectivity index (χ4v) is 1.51. The minimum absolute atomic E-state index is 0.0156. The summed E-state index contributed by atoms with van der Waals surface area (Å²) in [6.45, 7) is 1.04. The van der Waals surface area contributed by atoms with Gasteiger partial charge in [0.1, 0.15) is 6.29 Å². The van der Waals surface area contributed by atoms with Crippen molar-refractivity contribution in [2.45, 2.75) is 26.9 Å². The van der Waals surface area contributed by atoms with E-state index < -0.39 is 6.61 Å². The van der Waals surface area contributed by atoms with Crippen molar-refractivity contribution < 1.29 is 23.0 Å². The number of carbonyl (C=O) groups excluding carboxylic acids is 1. The molecule has 0 spiro atoms. The lowest BCUT2D eigenvalue weighted by Crippen LogP contribution is -2.04. The van der Waals surface area contributed by atoms with Gasteiger partial charge in [-0.05, 0) is 42.7 Å². The number of aldehydes is 1. The molecule has 0 N–H and O–H groups in total. The average Bonchev–Trinajstić information content (AvgIpc) is 2.38. The van der Waals surface area contributed by atoms with Crippen LogP contribution in [0.1, 0.15) is 25.8 Å². The largest absolute Gasteiger partial charge is 0.490 e. The molecule has 1 aromatic rings. The second-order valence-electron chi connectivity index (χ2n) is 3.71. The number of hydrogen-bond acceptors (Lipinski definition) is 3. The molecule has 0 amide bonds. The van der Waals surface area contributed by atoms with Crippen LogP contribution in [0.25, 0.3) is 6.08 Å². The molecule has 5 heteroatoms. The Hall–Kier alpha value is -1.91. The van der Waals surface area contributed by atoms with E-state index in [1.165, 1.54) is 6.07 Å². The maximum atomic E-state index is 12.2. The van der Waals surface area contributed by atoms with E-state index in [2.05, 4.69) is 4.74 Å². The molecule has 19 heavy (non-hydrogen) atoms. The number of carbonyl (C=O) groups is 1. The molecule has 1 aromatic carbocycles. The van der Waals surface area contributed by atoms with Crippen molar-refractivity contribution in [3.63, 3.8) is 0 Å². The van der Waals surface area contributed by atoms with Crippen LogP contribution < -0.4 is 9.47 Å². The first-order valence-corrected chi connectivity index (χ1v) is 5.98. The first-order valence-electron chi connectivity index (χ1n) is 5.98. The molecule has 0 atom stereocenters. The molecule has 0 radical (unpaired) electrons. The Morgan fingerprint density at radius 2 is 2.05 bits per heavy atom. The monoisotopic (exact) mass is 270 g/mol. The first-order chi connectivity index (χ1) is 9.10. The molecule has 0 bridgehead atoms. The summed E-state index contributed by atoms with van der Waals surface area (Å²) in [6.07, 6.45) is 3.05. The summed E-state index contributed by atoms with van der Waals surface area (Å²) in [5.41, 5.74) is 1.32. The van der Waals surface area contributed by atoms with Crippen molar-refractivity contribution in [1.82, 2.24) is 0 Å². The lowest BCUT2D eigenvalue weighted by molar-refractivity contribution is -0.104. The predicted molar refractivity (Wildman–Crippen MR) is 68.6 cm³/mol. The van der Waals surface area contributed by atoms with Crippen molar-refractivity contribution in [3.8, 4) is 11.5 Å². The smallest absolute Gasteiger partial charge is 0.387 e. The molecule has 1 rings (SSSR count). The van der Waals surface area contributed by atoms with Gasteiger partial charge in [-0.3, -0.25) is 4.79 Å². The summed E-state index contributed by atoms with van der Waals surface area (Å²) in [5.74, 6) is 0.219. The lowest BCUT2D eigenvalue weighted by atomic mass is 10.1. The van der Waals surface area contributed by atoms with E-state index in [0.717, 1.165) is 6.29 Å². The molecule has 0 aliphatic rings. The number of rotatable bonds is 7. The van der Waals surface area contributed by atoms with Gasteiger partial charge in [0, 0.05) is 0 Å². The number of allylic oxidation sites excluding steroid dienone is 1. The molecule has 104 valence electrons. The van der Waals surface area contributed by atoms with Gasteiger partial charge in [-0.15, -0.1) is 0 Å². The van der Waals surface area contributed by atoms with E-state index in [-0.39, 0.29) is 11.5 Å². The summed E-state index contributed by atoms with van der Waals surface area (Å²) < 4.78 is 34.1. The van der Waals surface area contributed by atoms with E-state index in [1.54, 1.807) is 25.1 Å². The van der Waals surface area contributed by atoms with Crippen LogP contribution in [0.15, 0.2) is 23.8 Å². The fraction of sp³-hybridized carbons (Fsp3) is 0.357. The van der Waals surface area contributed by atoms with E-state index in [0.29, 0.717) is 24.2 Å². The number of hydrogen-bond donors (Lipinski definition) is 0. The van der Waals surface area contributed by atoms with Gasteiger partial charge in [0.05, 0.1) is 6.61 Å². The van der Waals surface area contributed by atoms with Crippen LogP contribution in [0, 0.1) is 0 Å². The fourth-order valence-electron chi connectivity index (χ4n) is 1.51. The van der Waals surface area contributed by atoms with Crippen LogP contribution in [0.3, 0.4) is 0 Å². The Balaban J connectivity index is 3.07. The molecule has 0 aliphatic carbocycles. The predicted octanol–water partition coefficient (Wildman–Crippen LogP) is 3.68. The first kappa shape index (κ1) is 15.1. The average molecular weight is 270 g/mol.